The summed E-state index contributed by atoms with van der Waals surface area (Å²) in [5.41, 5.74) is 7.90. The number of benzene rings is 1. The van der Waals surface area contributed by atoms with Gasteiger partial charge in [-0.05, 0) is 31.0 Å². The number of nitrogens with one attached hydrogen (secondary N) is 1. The van der Waals surface area contributed by atoms with Crippen molar-refractivity contribution in [2.24, 2.45) is 5.73 Å². The van der Waals surface area contributed by atoms with Crippen LogP contribution in [-0.4, -0.2) is 30.6 Å². The highest BCUT2D eigenvalue weighted by Gasteiger charge is 2.13. The lowest BCUT2D eigenvalue weighted by Gasteiger charge is -2.11. The lowest BCUT2D eigenvalue weighted by molar-refractivity contribution is -0.117. The largest absolute Gasteiger partial charge is 0.441 e. The molecule has 1 aromatic heterocycles. The molecule has 0 spiro atoms. The molecule has 6 heteroatoms. The van der Waals surface area contributed by atoms with Crippen molar-refractivity contribution in [2.45, 2.75) is 25.8 Å². The summed E-state index contributed by atoms with van der Waals surface area (Å²) in [4.78, 5) is 16.1. The Bertz CT molecular complexity index is 594. The molecule has 0 aliphatic heterocycles. The first kappa shape index (κ1) is 14.5. The minimum Gasteiger partial charge on any atom is -0.441 e. The quantitative estimate of drug-likeness (QED) is 0.786. The van der Waals surface area contributed by atoms with E-state index < -0.39 is 6.04 Å². The Balaban J connectivity index is 1.98. The number of carbonyl (C=O) groups excluding carboxylic acids is 1. The molecule has 0 bridgehead atoms. The second kappa shape index (κ2) is 6.49. The van der Waals surface area contributed by atoms with Crippen LogP contribution in [0.1, 0.15) is 18.7 Å². The topological polar surface area (TPSA) is 90.4 Å². The van der Waals surface area contributed by atoms with E-state index >= 15 is 0 Å². The summed E-state index contributed by atoms with van der Waals surface area (Å²) in [7, 11) is 1.63. The van der Waals surface area contributed by atoms with Crippen molar-refractivity contribution >= 4 is 22.7 Å². The number of oxazole rings is 1. The number of fused-ring (bicyclic) bond motifs is 1. The van der Waals surface area contributed by atoms with Crippen LogP contribution in [0.5, 0.6) is 0 Å². The summed E-state index contributed by atoms with van der Waals surface area (Å²) in [5.74, 6) is 0.389. The Kier molecular flexibility index (Phi) is 4.70. The first-order valence-corrected chi connectivity index (χ1v) is 6.52. The summed E-state index contributed by atoms with van der Waals surface area (Å²) >= 11 is 0. The Labute approximate surface area is 117 Å². The fourth-order valence-corrected chi connectivity index (χ4v) is 1.93. The number of anilines is 1. The average molecular weight is 277 g/mol. The van der Waals surface area contributed by atoms with Crippen LogP contribution in [0.2, 0.25) is 0 Å². The number of rotatable bonds is 6. The van der Waals surface area contributed by atoms with Gasteiger partial charge >= 0.3 is 0 Å². The van der Waals surface area contributed by atoms with Gasteiger partial charge in [0.15, 0.2) is 11.5 Å². The SMILES string of the molecule is COCCCC(N)C(=O)Nc1ccc2oc(C)nc2c1. The van der Waals surface area contributed by atoms with Crippen molar-refractivity contribution < 1.29 is 13.9 Å². The zero-order valence-corrected chi connectivity index (χ0v) is 11.7. The number of nitrogens with two attached hydrogens (primary N) is 1. The number of ether oxygens (including phenoxy) is 1. The van der Waals surface area contributed by atoms with Gasteiger partial charge in [0.05, 0.1) is 6.04 Å². The third-order valence-corrected chi connectivity index (χ3v) is 2.96. The highest BCUT2D eigenvalue weighted by Crippen LogP contribution is 2.19. The maximum Gasteiger partial charge on any atom is 0.241 e. The Morgan fingerprint density at radius 3 is 3.10 bits per heavy atom. The molecule has 1 amide bonds. The predicted molar refractivity (Wildman–Crippen MR) is 76.5 cm³/mol. The molecule has 3 N–H and O–H groups in total. The van der Waals surface area contributed by atoms with Gasteiger partial charge in [0, 0.05) is 26.3 Å². The van der Waals surface area contributed by atoms with Crippen LogP contribution in [0.3, 0.4) is 0 Å². The van der Waals surface area contributed by atoms with E-state index in [-0.39, 0.29) is 5.91 Å². The van der Waals surface area contributed by atoms with E-state index in [0.717, 1.165) is 6.42 Å². The number of aromatic nitrogens is 1. The number of aryl methyl sites for hydroxylation is 1. The fraction of sp³-hybridized carbons (Fsp3) is 0.429. The Hall–Kier alpha value is -1.92. The molecular formula is C14H19N3O3. The number of nitrogens with zero attached hydrogens (tertiary/aromatic N) is 1. The molecule has 1 heterocycles. The number of carbonyl (C=O) groups is 1. The summed E-state index contributed by atoms with van der Waals surface area (Å²) in [6.45, 7) is 2.38. The molecule has 1 aromatic carbocycles. The van der Waals surface area contributed by atoms with Crippen LogP contribution in [0.4, 0.5) is 5.69 Å². The van der Waals surface area contributed by atoms with Gasteiger partial charge in [-0.25, -0.2) is 4.98 Å². The second-order valence-electron chi connectivity index (χ2n) is 4.65. The third-order valence-electron chi connectivity index (χ3n) is 2.96. The van der Waals surface area contributed by atoms with Crippen molar-refractivity contribution in [1.82, 2.24) is 4.98 Å². The van der Waals surface area contributed by atoms with Crippen LogP contribution in [0.25, 0.3) is 11.1 Å². The zero-order valence-electron chi connectivity index (χ0n) is 11.7. The number of hydrogen-bond donors (Lipinski definition) is 2. The standard InChI is InChI=1S/C14H19N3O3/c1-9-16-12-8-10(5-6-13(12)20-9)17-14(18)11(15)4-3-7-19-2/h5-6,8,11H,3-4,7,15H2,1-2H3,(H,17,18). The molecule has 0 saturated carbocycles. The fourth-order valence-electron chi connectivity index (χ4n) is 1.93. The van der Waals surface area contributed by atoms with Crippen molar-refractivity contribution in [3.63, 3.8) is 0 Å². The zero-order chi connectivity index (χ0) is 14.5. The number of methoxy groups -OCH3 is 1. The van der Waals surface area contributed by atoms with Gasteiger partial charge in [-0.1, -0.05) is 0 Å². The molecule has 6 nitrogen and oxygen atoms in total. The molecule has 20 heavy (non-hydrogen) atoms. The molecule has 0 aliphatic carbocycles. The van der Waals surface area contributed by atoms with Crippen LogP contribution in [0.15, 0.2) is 22.6 Å². The minimum atomic E-state index is -0.542. The number of amides is 1. The normalized spacial score (nSPS) is 12.6. The van der Waals surface area contributed by atoms with Crippen molar-refractivity contribution in [2.75, 3.05) is 19.0 Å². The average Bonchev–Trinajstić information content (AvgIpc) is 2.78. The smallest absolute Gasteiger partial charge is 0.241 e. The molecule has 0 saturated heterocycles. The van der Waals surface area contributed by atoms with E-state index in [0.29, 0.717) is 35.7 Å². The summed E-state index contributed by atoms with van der Waals surface area (Å²) in [6, 6.07) is 4.78. The van der Waals surface area contributed by atoms with E-state index in [1.54, 1.807) is 32.2 Å². The monoisotopic (exact) mass is 277 g/mol. The van der Waals surface area contributed by atoms with E-state index in [1.165, 1.54) is 0 Å². The first-order chi connectivity index (χ1) is 9.60. The van der Waals surface area contributed by atoms with E-state index in [1.807, 2.05) is 0 Å². The maximum absolute atomic E-state index is 11.9. The van der Waals surface area contributed by atoms with Gasteiger partial charge in [-0.15, -0.1) is 0 Å². The third kappa shape index (κ3) is 3.55. The van der Waals surface area contributed by atoms with E-state index in [9.17, 15) is 4.79 Å². The van der Waals surface area contributed by atoms with E-state index in [2.05, 4.69) is 10.3 Å². The molecule has 0 fully saturated rings. The van der Waals surface area contributed by atoms with Gasteiger partial charge in [0.2, 0.25) is 5.91 Å². The van der Waals surface area contributed by atoms with Gasteiger partial charge in [0.1, 0.15) is 5.52 Å². The molecule has 1 atom stereocenters. The summed E-state index contributed by atoms with van der Waals surface area (Å²) < 4.78 is 10.3. The predicted octanol–water partition coefficient (Wildman–Crippen LogP) is 1.83. The first-order valence-electron chi connectivity index (χ1n) is 6.52. The Morgan fingerprint density at radius 2 is 2.35 bits per heavy atom. The lowest BCUT2D eigenvalue weighted by Crippen LogP contribution is -2.35. The van der Waals surface area contributed by atoms with Crippen LogP contribution in [-0.2, 0) is 9.53 Å². The second-order valence-corrected chi connectivity index (χ2v) is 4.65. The van der Waals surface area contributed by atoms with Gasteiger partial charge in [-0.3, -0.25) is 4.79 Å². The van der Waals surface area contributed by atoms with Gasteiger partial charge in [0.25, 0.3) is 0 Å². The summed E-state index contributed by atoms with van der Waals surface area (Å²) in [6.07, 6.45) is 1.34. The molecule has 108 valence electrons. The lowest BCUT2D eigenvalue weighted by atomic mass is 10.1. The molecular weight excluding hydrogens is 258 g/mol. The molecule has 0 aliphatic rings. The molecule has 2 aromatic rings. The number of hydrogen-bond acceptors (Lipinski definition) is 5. The van der Waals surface area contributed by atoms with Gasteiger partial charge in [-0.2, -0.15) is 0 Å². The van der Waals surface area contributed by atoms with Crippen molar-refractivity contribution in [1.29, 1.82) is 0 Å². The highest BCUT2D eigenvalue weighted by molar-refractivity contribution is 5.96. The maximum atomic E-state index is 11.9. The molecule has 1 unspecified atom stereocenters. The summed E-state index contributed by atoms with van der Waals surface area (Å²) in [5, 5.41) is 2.78. The van der Waals surface area contributed by atoms with Crippen LogP contribution in [0, 0.1) is 6.92 Å². The molecule has 2 rings (SSSR count). The van der Waals surface area contributed by atoms with E-state index in [4.69, 9.17) is 14.9 Å². The van der Waals surface area contributed by atoms with Crippen LogP contribution < -0.4 is 11.1 Å². The highest BCUT2D eigenvalue weighted by atomic mass is 16.5. The van der Waals surface area contributed by atoms with Crippen molar-refractivity contribution in [3.05, 3.63) is 24.1 Å². The van der Waals surface area contributed by atoms with Gasteiger partial charge < -0.3 is 20.2 Å². The van der Waals surface area contributed by atoms with Crippen LogP contribution >= 0.6 is 0 Å². The Morgan fingerprint density at radius 1 is 1.55 bits per heavy atom. The minimum absolute atomic E-state index is 0.208. The van der Waals surface area contributed by atoms with Crippen molar-refractivity contribution in [3.8, 4) is 0 Å². The molecule has 0 radical (unpaired) electrons.